The van der Waals surface area contributed by atoms with Crippen LogP contribution >= 0.6 is 0 Å². The van der Waals surface area contributed by atoms with Crippen LogP contribution in [0.5, 0.6) is 0 Å². The van der Waals surface area contributed by atoms with Crippen molar-refractivity contribution < 1.29 is 24.2 Å². The molecule has 0 aromatic heterocycles. The molecule has 2 atom stereocenters. The highest BCUT2D eigenvalue weighted by atomic mass is 16.5. The predicted molar refractivity (Wildman–Crippen MR) is 91.7 cm³/mol. The van der Waals surface area contributed by atoms with Gasteiger partial charge in [0, 0.05) is 24.3 Å². The van der Waals surface area contributed by atoms with Gasteiger partial charge in [0.2, 0.25) is 11.8 Å². The Morgan fingerprint density at radius 2 is 1.65 bits per heavy atom. The van der Waals surface area contributed by atoms with Crippen LogP contribution in [0, 0.1) is 11.8 Å². The van der Waals surface area contributed by atoms with Crippen LogP contribution in [0.4, 0.5) is 11.4 Å². The summed E-state index contributed by atoms with van der Waals surface area (Å²) in [7, 11) is 0. The summed E-state index contributed by atoms with van der Waals surface area (Å²) >= 11 is 0. The molecule has 0 bridgehead atoms. The number of aromatic carboxylic acids is 1. The number of nitrogens with zero attached hydrogens (tertiary/aromatic N) is 2. The molecule has 2 heterocycles. The molecule has 2 aliphatic heterocycles. The molecule has 0 N–H and O–H groups in total. The number of anilines is 2. The zero-order valence-corrected chi connectivity index (χ0v) is 14.5. The highest BCUT2D eigenvalue weighted by molar-refractivity contribution is 6.22. The third-order valence-electron chi connectivity index (χ3n) is 5.65. The van der Waals surface area contributed by atoms with Gasteiger partial charge in [0.15, 0.2) is 0 Å². The Morgan fingerprint density at radius 3 is 2.23 bits per heavy atom. The minimum atomic E-state index is -1.31. The van der Waals surface area contributed by atoms with E-state index in [1.165, 1.54) is 11.0 Å². The van der Waals surface area contributed by atoms with Gasteiger partial charge in [0.1, 0.15) is 0 Å². The Balaban J connectivity index is 1.69. The Labute approximate surface area is 151 Å². The van der Waals surface area contributed by atoms with E-state index in [0.717, 1.165) is 25.7 Å². The number of morpholine rings is 1. The van der Waals surface area contributed by atoms with E-state index >= 15 is 0 Å². The van der Waals surface area contributed by atoms with Crippen molar-refractivity contribution >= 4 is 29.2 Å². The lowest BCUT2D eigenvalue weighted by atomic mass is 9.81. The van der Waals surface area contributed by atoms with E-state index in [2.05, 4.69) is 0 Å². The van der Waals surface area contributed by atoms with E-state index in [9.17, 15) is 19.5 Å². The molecule has 3 aliphatic rings. The van der Waals surface area contributed by atoms with Crippen molar-refractivity contribution in [1.29, 1.82) is 0 Å². The van der Waals surface area contributed by atoms with Gasteiger partial charge in [-0.1, -0.05) is 12.8 Å². The lowest BCUT2D eigenvalue weighted by molar-refractivity contribution is -0.255. The SMILES string of the molecule is O=C([O-])c1cc(N2C(=O)[C@@H]3CCCC[C@H]3C2=O)ccc1N1CCOCC1. The van der Waals surface area contributed by atoms with Crippen LogP contribution in [0.3, 0.4) is 0 Å². The maximum Gasteiger partial charge on any atom is 0.237 e. The minimum Gasteiger partial charge on any atom is -0.545 e. The highest BCUT2D eigenvalue weighted by Crippen LogP contribution is 2.40. The minimum absolute atomic E-state index is 0.000119. The van der Waals surface area contributed by atoms with E-state index in [1.54, 1.807) is 12.1 Å². The van der Waals surface area contributed by atoms with Gasteiger partial charge in [-0.05, 0) is 31.0 Å². The van der Waals surface area contributed by atoms with Gasteiger partial charge in [-0.15, -0.1) is 0 Å². The first kappa shape index (κ1) is 17.0. The number of rotatable bonds is 3. The number of benzene rings is 1. The second-order valence-corrected chi connectivity index (χ2v) is 7.10. The van der Waals surface area contributed by atoms with E-state index in [0.29, 0.717) is 37.7 Å². The van der Waals surface area contributed by atoms with Gasteiger partial charge in [0.05, 0.1) is 36.7 Å². The average molecular weight is 357 g/mol. The van der Waals surface area contributed by atoms with Gasteiger partial charge >= 0.3 is 0 Å². The second-order valence-electron chi connectivity index (χ2n) is 7.10. The molecule has 0 spiro atoms. The maximum absolute atomic E-state index is 12.7. The molecular weight excluding hydrogens is 336 g/mol. The Bertz CT molecular complexity index is 732. The lowest BCUT2D eigenvalue weighted by Gasteiger charge is -2.31. The van der Waals surface area contributed by atoms with Gasteiger partial charge in [-0.3, -0.25) is 14.5 Å². The van der Waals surface area contributed by atoms with Crippen LogP contribution in [0.1, 0.15) is 36.0 Å². The van der Waals surface area contributed by atoms with Gasteiger partial charge in [0.25, 0.3) is 0 Å². The van der Waals surface area contributed by atoms with Crippen molar-refractivity contribution in [2.75, 3.05) is 36.1 Å². The molecule has 138 valence electrons. The first-order chi connectivity index (χ1) is 12.6. The summed E-state index contributed by atoms with van der Waals surface area (Å²) in [6.45, 7) is 2.23. The number of carbonyl (C=O) groups is 3. The molecule has 4 rings (SSSR count). The quantitative estimate of drug-likeness (QED) is 0.735. The molecule has 2 saturated heterocycles. The Kier molecular flexibility index (Phi) is 4.40. The Hall–Kier alpha value is -2.41. The first-order valence-corrected chi connectivity index (χ1v) is 9.14. The highest BCUT2D eigenvalue weighted by Gasteiger charge is 2.48. The number of hydrogen-bond acceptors (Lipinski definition) is 6. The van der Waals surface area contributed by atoms with E-state index < -0.39 is 5.97 Å². The second kappa shape index (κ2) is 6.72. The molecule has 7 heteroatoms. The number of carboxylic acid groups (broad SMARTS) is 1. The first-order valence-electron chi connectivity index (χ1n) is 9.14. The van der Waals surface area contributed by atoms with Crippen LogP contribution < -0.4 is 14.9 Å². The fourth-order valence-electron chi connectivity index (χ4n) is 4.32. The monoisotopic (exact) mass is 357 g/mol. The number of fused-ring (bicyclic) bond motifs is 1. The topological polar surface area (TPSA) is 90.0 Å². The fourth-order valence-corrected chi connectivity index (χ4v) is 4.32. The maximum atomic E-state index is 12.7. The number of ether oxygens (including phenoxy) is 1. The molecular formula is C19H21N2O5-. The summed E-state index contributed by atoms with van der Waals surface area (Å²) in [6, 6.07) is 4.71. The van der Waals surface area contributed by atoms with Crippen molar-refractivity contribution in [1.82, 2.24) is 0 Å². The summed E-state index contributed by atoms with van der Waals surface area (Å²) < 4.78 is 5.31. The molecule has 2 amide bonds. The average Bonchev–Trinajstić information content (AvgIpc) is 2.93. The van der Waals surface area contributed by atoms with Crippen molar-refractivity contribution in [3.05, 3.63) is 23.8 Å². The summed E-state index contributed by atoms with van der Waals surface area (Å²) in [5.41, 5.74) is 0.860. The van der Waals surface area contributed by atoms with Gasteiger partial charge < -0.3 is 19.5 Å². The van der Waals surface area contributed by atoms with Crippen molar-refractivity contribution in [3.8, 4) is 0 Å². The molecule has 0 radical (unpaired) electrons. The predicted octanol–water partition coefficient (Wildman–Crippen LogP) is 0.566. The van der Waals surface area contributed by atoms with Gasteiger partial charge in [-0.25, -0.2) is 0 Å². The summed E-state index contributed by atoms with van der Waals surface area (Å²) in [6.07, 6.45) is 3.36. The molecule has 0 unspecified atom stereocenters. The van der Waals surface area contributed by atoms with Crippen molar-refractivity contribution in [3.63, 3.8) is 0 Å². The largest absolute Gasteiger partial charge is 0.545 e. The zero-order valence-electron chi connectivity index (χ0n) is 14.5. The van der Waals surface area contributed by atoms with Crippen LogP contribution in [0.2, 0.25) is 0 Å². The summed E-state index contributed by atoms with van der Waals surface area (Å²) in [5.74, 6) is -2.25. The summed E-state index contributed by atoms with van der Waals surface area (Å²) in [4.78, 5) is 40.3. The van der Waals surface area contributed by atoms with Crippen LogP contribution in [-0.4, -0.2) is 44.1 Å². The third-order valence-corrected chi connectivity index (χ3v) is 5.65. The third kappa shape index (κ3) is 2.76. The molecule has 26 heavy (non-hydrogen) atoms. The Morgan fingerprint density at radius 1 is 1.04 bits per heavy atom. The van der Waals surface area contributed by atoms with Crippen molar-refractivity contribution in [2.45, 2.75) is 25.7 Å². The number of carboxylic acids is 1. The standard InChI is InChI=1S/C19H22N2O5/c22-17-13-3-1-2-4-14(13)18(23)21(17)12-5-6-16(15(11-12)19(24)25)20-7-9-26-10-8-20/h5-6,11,13-14H,1-4,7-10H2,(H,24,25)/p-1/t13-,14-/m1/s1. The van der Waals surface area contributed by atoms with Crippen LogP contribution in [-0.2, 0) is 14.3 Å². The van der Waals surface area contributed by atoms with Crippen molar-refractivity contribution in [2.24, 2.45) is 11.8 Å². The molecule has 1 aromatic rings. The number of hydrogen-bond donors (Lipinski definition) is 0. The number of amides is 2. The molecule has 1 aromatic carbocycles. The molecule has 3 fully saturated rings. The number of imide groups is 1. The van der Waals surface area contributed by atoms with E-state index in [4.69, 9.17) is 4.74 Å². The van der Waals surface area contributed by atoms with Gasteiger partial charge in [-0.2, -0.15) is 0 Å². The summed E-state index contributed by atoms with van der Waals surface area (Å²) in [5, 5.41) is 11.7. The number of carbonyl (C=O) groups excluding carboxylic acids is 3. The fraction of sp³-hybridized carbons (Fsp3) is 0.526. The van der Waals surface area contributed by atoms with E-state index in [1.807, 2.05) is 4.90 Å². The molecule has 1 aliphatic carbocycles. The molecule has 7 nitrogen and oxygen atoms in total. The van der Waals surface area contributed by atoms with Crippen LogP contribution in [0.25, 0.3) is 0 Å². The smallest absolute Gasteiger partial charge is 0.237 e. The van der Waals surface area contributed by atoms with E-state index in [-0.39, 0.29) is 29.2 Å². The normalized spacial score (nSPS) is 26.2. The molecule has 1 saturated carbocycles. The zero-order chi connectivity index (χ0) is 18.3. The lowest BCUT2D eigenvalue weighted by Crippen LogP contribution is -2.38. The van der Waals surface area contributed by atoms with Crippen LogP contribution in [0.15, 0.2) is 18.2 Å².